The molecule has 0 radical (unpaired) electrons. The summed E-state index contributed by atoms with van der Waals surface area (Å²) in [6.07, 6.45) is 6.89. The van der Waals surface area contributed by atoms with E-state index in [2.05, 4.69) is 19.9 Å². The summed E-state index contributed by atoms with van der Waals surface area (Å²) < 4.78 is 19.9. The predicted octanol–water partition coefficient (Wildman–Crippen LogP) is 5.05. The van der Waals surface area contributed by atoms with Crippen LogP contribution in [0.15, 0.2) is 73.3 Å². The van der Waals surface area contributed by atoms with Gasteiger partial charge in [0.2, 0.25) is 5.88 Å². The minimum absolute atomic E-state index is 0.330. The van der Waals surface area contributed by atoms with Crippen LogP contribution in [0, 0.1) is 5.82 Å². The fourth-order valence-corrected chi connectivity index (χ4v) is 3.53. The van der Waals surface area contributed by atoms with Crippen LogP contribution in [0.3, 0.4) is 0 Å². The summed E-state index contributed by atoms with van der Waals surface area (Å²) >= 11 is 0. The second-order valence-corrected chi connectivity index (χ2v) is 6.51. The van der Waals surface area contributed by atoms with Crippen LogP contribution >= 0.6 is 0 Å². The van der Waals surface area contributed by atoms with E-state index in [1.807, 2.05) is 24.3 Å². The summed E-state index contributed by atoms with van der Waals surface area (Å²) in [7, 11) is 1.58. The van der Waals surface area contributed by atoms with Crippen LogP contribution in [-0.2, 0) is 0 Å². The van der Waals surface area contributed by atoms with Crippen LogP contribution in [-0.4, -0.2) is 27.0 Å². The van der Waals surface area contributed by atoms with Gasteiger partial charge in [0.1, 0.15) is 5.82 Å². The number of rotatable bonds is 3. The maximum atomic E-state index is 14.5. The molecule has 0 unspecified atom stereocenters. The number of pyridine rings is 4. The molecule has 0 N–H and O–H groups in total. The van der Waals surface area contributed by atoms with E-state index in [0.717, 1.165) is 27.3 Å². The van der Waals surface area contributed by atoms with Gasteiger partial charge in [-0.25, -0.2) is 19.3 Å². The number of fused-ring (bicyclic) bond motifs is 2. The van der Waals surface area contributed by atoms with Gasteiger partial charge in [0.15, 0.2) is 5.65 Å². The Morgan fingerprint density at radius 3 is 2.55 bits per heavy atom. The second kappa shape index (κ2) is 6.91. The van der Waals surface area contributed by atoms with Gasteiger partial charge in [0.25, 0.3) is 0 Å². The Hall–Kier alpha value is -3.93. The summed E-state index contributed by atoms with van der Waals surface area (Å²) in [6, 6.07) is 14.2. The maximum absolute atomic E-state index is 14.5. The molecule has 0 saturated carbocycles. The number of hydrogen-bond donors (Lipinski definition) is 0. The van der Waals surface area contributed by atoms with Gasteiger partial charge in [-0.1, -0.05) is 12.1 Å². The van der Waals surface area contributed by atoms with Crippen molar-refractivity contribution in [2.75, 3.05) is 7.11 Å². The van der Waals surface area contributed by atoms with Gasteiger partial charge < -0.3 is 4.74 Å². The van der Waals surface area contributed by atoms with Crippen molar-refractivity contribution in [1.82, 2.24) is 19.9 Å². The molecule has 4 heterocycles. The Morgan fingerprint density at radius 1 is 0.793 bits per heavy atom. The lowest BCUT2D eigenvalue weighted by molar-refractivity contribution is 0.403. The number of aromatic nitrogens is 4. The molecular weight excluding hydrogens is 367 g/mol. The lowest BCUT2D eigenvalue weighted by Crippen LogP contribution is -1.96. The number of benzene rings is 1. The molecule has 29 heavy (non-hydrogen) atoms. The molecule has 5 nitrogen and oxygen atoms in total. The Bertz CT molecular complexity index is 1370. The molecule has 0 saturated heterocycles. The molecule has 5 aromatic rings. The Morgan fingerprint density at radius 2 is 1.69 bits per heavy atom. The first-order valence-electron chi connectivity index (χ1n) is 9.04. The van der Waals surface area contributed by atoms with Gasteiger partial charge >= 0.3 is 0 Å². The van der Waals surface area contributed by atoms with Gasteiger partial charge in [0, 0.05) is 41.3 Å². The third-order valence-electron chi connectivity index (χ3n) is 4.87. The van der Waals surface area contributed by atoms with Crippen LogP contribution in [0.1, 0.15) is 0 Å². The van der Waals surface area contributed by atoms with Crippen molar-refractivity contribution in [3.8, 4) is 28.3 Å². The molecule has 0 atom stereocenters. The second-order valence-electron chi connectivity index (χ2n) is 6.51. The van der Waals surface area contributed by atoms with Crippen LogP contribution in [0.2, 0.25) is 0 Å². The molecule has 5 rings (SSSR count). The summed E-state index contributed by atoms with van der Waals surface area (Å²) in [4.78, 5) is 17.7. The first-order chi connectivity index (χ1) is 14.3. The standard InChI is InChI=1S/C23H15FN4O/c1-29-23-19-12-25-10-8-14(19)18(13-27-23)17-11-21(16-5-2-3-7-20(16)24)28-22-15(17)6-4-9-26-22/h2-13H,1H3. The zero-order valence-electron chi connectivity index (χ0n) is 15.5. The number of hydrogen-bond acceptors (Lipinski definition) is 5. The highest BCUT2D eigenvalue weighted by Gasteiger charge is 2.16. The SMILES string of the molecule is COc1ncc(-c2cc(-c3ccccc3F)nc3ncccc23)c2ccncc12. The fraction of sp³-hybridized carbons (Fsp3) is 0.0435. The quantitative estimate of drug-likeness (QED) is 0.437. The van der Waals surface area contributed by atoms with Gasteiger partial charge in [-0.3, -0.25) is 4.98 Å². The molecule has 0 amide bonds. The molecule has 0 aliphatic rings. The van der Waals surface area contributed by atoms with Gasteiger partial charge in [0.05, 0.1) is 18.2 Å². The highest BCUT2D eigenvalue weighted by atomic mass is 19.1. The smallest absolute Gasteiger partial charge is 0.222 e. The van der Waals surface area contributed by atoms with E-state index < -0.39 is 0 Å². The molecule has 0 bridgehead atoms. The summed E-state index contributed by atoms with van der Waals surface area (Å²) in [5, 5.41) is 2.59. The Labute approximate surface area is 165 Å². The fourth-order valence-electron chi connectivity index (χ4n) is 3.53. The average Bonchev–Trinajstić information content (AvgIpc) is 2.78. The van der Waals surface area contributed by atoms with Crippen molar-refractivity contribution in [1.29, 1.82) is 0 Å². The number of methoxy groups -OCH3 is 1. The monoisotopic (exact) mass is 382 g/mol. The maximum Gasteiger partial charge on any atom is 0.222 e. The van der Waals surface area contributed by atoms with Crippen LogP contribution in [0.4, 0.5) is 4.39 Å². The Kier molecular flexibility index (Phi) is 4.09. The van der Waals surface area contributed by atoms with Gasteiger partial charge in [-0.05, 0) is 47.3 Å². The van der Waals surface area contributed by atoms with Crippen LogP contribution in [0.5, 0.6) is 5.88 Å². The normalized spacial score (nSPS) is 11.1. The third-order valence-corrected chi connectivity index (χ3v) is 4.87. The van der Waals surface area contributed by atoms with Crippen molar-refractivity contribution < 1.29 is 9.13 Å². The van der Waals surface area contributed by atoms with Crippen LogP contribution in [0.25, 0.3) is 44.2 Å². The largest absolute Gasteiger partial charge is 0.481 e. The molecule has 4 aromatic heterocycles. The topological polar surface area (TPSA) is 60.8 Å². The van der Waals surface area contributed by atoms with Gasteiger partial charge in [-0.15, -0.1) is 0 Å². The van der Waals surface area contributed by atoms with E-state index >= 15 is 0 Å². The van der Waals surface area contributed by atoms with E-state index in [9.17, 15) is 4.39 Å². The average molecular weight is 382 g/mol. The van der Waals surface area contributed by atoms with Gasteiger partial charge in [-0.2, -0.15) is 0 Å². The number of nitrogens with zero attached hydrogens (tertiary/aromatic N) is 4. The first-order valence-corrected chi connectivity index (χ1v) is 9.04. The van der Waals surface area contributed by atoms with E-state index in [-0.39, 0.29) is 5.82 Å². The van der Waals surface area contributed by atoms with E-state index in [0.29, 0.717) is 22.8 Å². The van der Waals surface area contributed by atoms with Crippen molar-refractivity contribution >= 4 is 21.8 Å². The van der Waals surface area contributed by atoms with Crippen LogP contribution < -0.4 is 4.74 Å². The minimum atomic E-state index is -0.330. The Balaban J connectivity index is 1.87. The summed E-state index contributed by atoms with van der Waals surface area (Å²) in [5.41, 5.74) is 3.23. The molecule has 0 aliphatic carbocycles. The van der Waals surface area contributed by atoms with E-state index in [1.165, 1.54) is 6.07 Å². The lowest BCUT2D eigenvalue weighted by atomic mass is 9.97. The molecule has 0 fully saturated rings. The summed E-state index contributed by atoms with van der Waals surface area (Å²) in [5.74, 6) is 0.172. The molecule has 140 valence electrons. The van der Waals surface area contributed by atoms with Crippen molar-refractivity contribution in [2.45, 2.75) is 0 Å². The highest BCUT2D eigenvalue weighted by Crippen LogP contribution is 2.37. The summed E-state index contributed by atoms with van der Waals surface area (Å²) in [6.45, 7) is 0. The lowest BCUT2D eigenvalue weighted by Gasteiger charge is -2.13. The predicted molar refractivity (Wildman–Crippen MR) is 110 cm³/mol. The highest BCUT2D eigenvalue weighted by molar-refractivity contribution is 6.05. The molecular formula is C23H15FN4O. The molecule has 0 aliphatic heterocycles. The van der Waals surface area contributed by atoms with Crippen molar-refractivity contribution in [2.24, 2.45) is 0 Å². The molecule has 6 heteroatoms. The number of ether oxygens (including phenoxy) is 1. The zero-order valence-corrected chi connectivity index (χ0v) is 15.5. The zero-order chi connectivity index (χ0) is 19.8. The van der Waals surface area contributed by atoms with Crippen molar-refractivity contribution in [3.05, 3.63) is 79.1 Å². The first kappa shape index (κ1) is 17.2. The molecule has 0 spiro atoms. The van der Waals surface area contributed by atoms with E-state index in [1.54, 1.807) is 50.1 Å². The third kappa shape index (κ3) is 2.86. The van der Waals surface area contributed by atoms with E-state index in [4.69, 9.17) is 4.74 Å². The number of halogens is 1. The minimum Gasteiger partial charge on any atom is -0.481 e. The van der Waals surface area contributed by atoms with Crippen molar-refractivity contribution in [3.63, 3.8) is 0 Å². The molecule has 1 aromatic carbocycles.